The molecular formula is C11H8BrN3O2. The monoisotopic (exact) mass is 293 g/mol. The minimum absolute atomic E-state index is 0.788. The van der Waals surface area contributed by atoms with E-state index in [-0.39, 0.29) is 0 Å². The van der Waals surface area contributed by atoms with Crippen LogP contribution in [0.2, 0.25) is 0 Å². The molecule has 6 heteroatoms. The third kappa shape index (κ3) is 2.79. The van der Waals surface area contributed by atoms with Gasteiger partial charge in [0.05, 0.1) is 5.69 Å². The molecule has 2 rings (SSSR count). The Kier molecular flexibility index (Phi) is 3.34. The normalized spacial score (nSPS) is 10.9. The van der Waals surface area contributed by atoms with Crippen LogP contribution in [0.25, 0.3) is 11.8 Å². The van der Waals surface area contributed by atoms with E-state index in [0.717, 1.165) is 21.8 Å². The Morgan fingerprint density at radius 2 is 2.29 bits per heavy atom. The summed E-state index contributed by atoms with van der Waals surface area (Å²) in [7, 11) is 0. The van der Waals surface area contributed by atoms with Gasteiger partial charge in [-0.15, -0.1) is 0 Å². The lowest BCUT2D eigenvalue weighted by atomic mass is 10.2. The minimum Gasteiger partial charge on any atom is -0.478 e. The number of aromatic nitrogens is 3. The highest BCUT2D eigenvalue weighted by Gasteiger charge is 2.01. The molecule has 5 nitrogen and oxygen atoms in total. The number of rotatable bonds is 3. The summed E-state index contributed by atoms with van der Waals surface area (Å²) in [6.07, 6.45) is 5.66. The van der Waals surface area contributed by atoms with E-state index >= 15 is 0 Å². The lowest BCUT2D eigenvalue weighted by Crippen LogP contribution is -1.94. The van der Waals surface area contributed by atoms with Crippen molar-refractivity contribution in [3.63, 3.8) is 0 Å². The molecule has 0 bridgehead atoms. The lowest BCUT2D eigenvalue weighted by molar-refractivity contribution is -0.131. The Morgan fingerprint density at radius 1 is 1.47 bits per heavy atom. The summed E-state index contributed by atoms with van der Waals surface area (Å²) >= 11 is 3.38. The van der Waals surface area contributed by atoms with E-state index in [2.05, 4.69) is 26.0 Å². The number of carboxylic acids is 1. The molecular weight excluding hydrogens is 286 g/mol. The zero-order chi connectivity index (χ0) is 12.3. The second-order valence-electron chi connectivity index (χ2n) is 3.22. The van der Waals surface area contributed by atoms with E-state index < -0.39 is 5.97 Å². The van der Waals surface area contributed by atoms with Crippen LogP contribution < -0.4 is 0 Å². The standard InChI is InChI=1S/C11H8BrN3O2/c12-10-5-9(15-7-13-6-14-15)3-1-8(10)2-4-11(16)17/h1-7H,(H,16,17)/b4-2+. The first-order valence-electron chi connectivity index (χ1n) is 4.72. The Labute approximate surface area is 106 Å². The zero-order valence-corrected chi connectivity index (χ0v) is 10.2. The maximum atomic E-state index is 10.4. The molecule has 0 fully saturated rings. The first-order chi connectivity index (χ1) is 8.16. The molecule has 0 saturated carbocycles. The molecule has 0 radical (unpaired) electrons. The summed E-state index contributed by atoms with van der Waals surface area (Å²) in [6, 6.07) is 5.48. The van der Waals surface area contributed by atoms with Gasteiger partial charge in [-0.1, -0.05) is 22.0 Å². The number of aliphatic carboxylic acids is 1. The summed E-state index contributed by atoms with van der Waals surface area (Å²) in [5.74, 6) is -0.975. The van der Waals surface area contributed by atoms with Crippen molar-refractivity contribution < 1.29 is 9.90 Å². The van der Waals surface area contributed by atoms with Crippen molar-refractivity contribution in [1.82, 2.24) is 14.8 Å². The number of hydrogen-bond donors (Lipinski definition) is 1. The van der Waals surface area contributed by atoms with Gasteiger partial charge in [-0.05, 0) is 23.8 Å². The minimum atomic E-state index is -0.975. The van der Waals surface area contributed by atoms with Gasteiger partial charge >= 0.3 is 5.97 Å². The van der Waals surface area contributed by atoms with Gasteiger partial charge in [0, 0.05) is 10.5 Å². The third-order valence-electron chi connectivity index (χ3n) is 2.07. The zero-order valence-electron chi connectivity index (χ0n) is 8.62. The third-order valence-corrected chi connectivity index (χ3v) is 2.76. The molecule has 0 aliphatic heterocycles. The Balaban J connectivity index is 2.32. The van der Waals surface area contributed by atoms with Crippen LogP contribution in [0.1, 0.15) is 5.56 Å². The van der Waals surface area contributed by atoms with E-state index in [1.807, 2.05) is 12.1 Å². The predicted octanol–water partition coefficient (Wildman–Crippen LogP) is 2.13. The van der Waals surface area contributed by atoms with Gasteiger partial charge in [-0.25, -0.2) is 14.5 Å². The first kappa shape index (κ1) is 11.5. The molecule has 1 aromatic carbocycles. The molecule has 0 atom stereocenters. The molecule has 0 unspecified atom stereocenters. The number of halogens is 1. The Bertz CT molecular complexity index is 564. The maximum absolute atomic E-state index is 10.4. The van der Waals surface area contributed by atoms with Crippen LogP contribution in [-0.4, -0.2) is 25.8 Å². The fourth-order valence-electron chi connectivity index (χ4n) is 1.30. The average molecular weight is 294 g/mol. The second-order valence-corrected chi connectivity index (χ2v) is 4.07. The molecule has 0 aliphatic carbocycles. The van der Waals surface area contributed by atoms with Crippen LogP contribution in [0.3, 0.4) is 0 Å². The first-order valence-corrected chi connectivity index (χ1v) is 5.51. The molecule has 1 N–H and O–H groups in total. The molecule has 2 aromatic rings. The van der Waals surface area contributed by atoms with E-state index in [1.54, 1.807) is 17.1 Å². The molecule has 1 aromatic heterocycles. The van der Waals surface area contributed by atoms with Crippen molar-refractivity contribution in [2.24, 2.45) is 0 Å². The molecule has 86 valence electrons. The van der Waals surface area contributed by atoms with E-state index in [9.17, 15) is 4.79 Å². The van der Waals surface area contributed by atoms with Crippen molar-refractivity contribution in [2.75, 3.05) is 0 Å². The Morgan fingerprint density at radius 3 is 2.88 bits per heavy atom. The quantitative estimate of drug-likeness (QED) is 0.880. The SMILES string of the molecule is O=C(O)/C=C/c1ccc(-n2cncn2)cc1Br. The van der Waals surface area contributed by atoms with Crippen LogP contribution in [0, 0.1) is 0 Å². The van der Waals surface area contributed by atoms with Gasteiger partial charge < -0.3 is 5.11 Å². The van der Waals surface area contributed by atoms with Gasteiger partial charge in [-0.2, -0.15) is 5.10 Å². The van der Waals surface area contributed by atoms with E-state index in [4.69, 9.17) is 5.11 Å². The fourth-order valence-corrected chi connectivity index (χ4v) is 1.80. The topological polar surface area (TPSA) is 68.0 Å². The van der Waals surface area contributed by atoms with Gasteiger partial charge in [0.25, 0.3) is 0 Å². The van der Waals surface area contributed by atoms with Crippen molar-refractivity contribution >= 4 is 28.0 Å². The number of nitrogens with zero attached hydrogens (tertiary/aromatic N) is 3. The van der Waals surface area contributed by atoms with Gasteiger partial charge in [-0.3, -0.25) is 0 Å². The largest absolute Gasteiger partial charge is 0.478 e. The summed E-state index contributed by atoms with van der Waals surface area (Å²) in [4.78, 5) is 14.3. The molecule has 17 heavy (non-hydrogen) atoms. The molecule has 0 aliphatic rings. The number of carbonyl (C=O) groups is 1. The number of hydrogen-bond acceptors (Lipinski definition) is 3. The highest BCUT2D eigenvalue weighted by atomic mass is 79.9. The van der Waals surface area contributed by atoms with Crippen LogP contribution in [-0.2, 0) is 4.79 Å². The molecule has 0 amide bonds. The molecule has 1 heterocycles. The molecule has 0 saturated heterocycles. The van der Waals surface area contributed by atoms with Crippen molar-refractivity contribution in [3.8, 4) is 5.69 Å². The number of benzene rings is 1. The Hall–Kier alpha value is -1.95. The number of carboxylic acid groups (broad SMARTS) is 1. The van der Waals surface area contributed by atoms with Crippen molar-refractivity contribution in [1.29, 1.82) is 0 Å². The van der Waals surface area contributed by atoms with Crippen LogP contribution in [0.5, 0.6) is 0 Å². The van der Waals surface area contributed by atoms with Crippen molar-refractivity contribution in [2.45, 2.75) is 0 Å². The highest BCUT2D eigenvalue weighted by Crippen LogP contribution is 2.21. The van der Waals surface area contributed by atoms with Crippen LogP contribution in [0.4, 0.5) is 0 Å². The van der Waals surface area contributed by atoms with Gasteiger partial charge in [0.1, 0.15) is 12.7 Å². The van der Waals surface area contributed by atoms with Gasteiger partial charge in [0.2, 0.25) is 0 Å². The smallest absolute Gasteiger partial charge is 0.328 e. The van der Waals surface area contributed by atoms with Crippen LogP contribution >= 0.6 is 15.9 Å². The predicted molar refractivity (Wildman–Crippen MR) is 65.7 cm³/mol. The summed E-state index contributed by atoms with van der Waals surface area (Å²) in [6.45, 7) is 0. The lowest BCUT2D eigenvalue weighted by Gasteiger charge is -2.03. The van der Waals surface area contributed by atoms with Crippen LogP contribution in [0.15, 0.2) is 41.4 Å². The average Bonchev–Trinajstić information content (AvgIpc) is 2.80. The van der Waals surface area contributed by atoms with E-state index in [1.165, 1.54) is 12.4 Å². The summed E-state index contributed by atoms with van der Waals surface area (Å²) in [5.41, 5.74) is 1.64. The van der Waals surface area contributed by atoms with Gasteiger partial charge in [0.15, 0.2) is 0 Å². The maximum Gasteiger partial charge on any atom is 0.328 e. The second kappa shape index (κ2) is 4.92. The molecule has 0 spiro atoms. The van der Waals surface area contributed by atoms with Crippen molar-refractivity contribution in [3.05, 3.63) is 47.0 Å². The fraction of sp³-hybridized carbons (Fsp3) is 0. The summed E-state index contributed by atoms with van der Waals surface area (Å²) in [5, 5.41) is 12.6. The summed E-state index contributed by atoms with van der Waals surface area (Å²) < 4.78 is 2.41. The highest BCUT2D eigenvalue weighted by molar-refractivity contribution is 9.10. The van der Waals surface area contributed by atoms with E-state index in [0.29, 0.717) is 0 Å².